The second kappa shape index (κ2) is 8.33. The minimum atomic E-state index is -3.39. The monoisotopic (exact) mass is 381 g/mol. The van der Waals surface area contributed by atoms with Gasteiger partial charge in [-0.25, -0.2) is 9.67 Å². The Kier molecular flexibility index (Phi) is 4.74. The first-order valence-corrected chi connectivity index (χ1v) is 7.70. The van der Waals surface area contributed by atoms with Gasteiger partial charge in [-0.2, -0.15) is 19.0 Å². The summed E-state index contributed by atoms with van der Waals surface area (Å²) in [7, 11) is -0.157. The molecule has 0 saturated heterocycles. The first kappa shape index (κ1) is 15.4. The number of hydrogen-bond donors (Lipinski definition) is 2. The van der Waals surface area contributed by atoms with Gasteiger partial charge in [0.1, 0.15) is 6.33 Å². The van der Waals surface area contributed by atoms with Crippen molar-refractivity contribution in [2.45, 2.75) is 19.1 Å². The highest BCUT2D eigenvalue weighted by Gasteiger charge is 2.20. The van der Waals surface area contributed by atoms with E-state index < -0.39 is 32.7 Å². The zero-order valence-corrected chi connectivity index (χ0v) is 14.1. The molecule has 3 rings (SSSR count). The molecular weight excluding hydrogens is 361 g/mol. The van der Waals surface area contributed by atoms with E-state index in [1.54, 1.807) is 7.05 Å². The van der Waals surface area contributed by atoms with Crippen molar-refractivity contribution in [2.75, 3.05) is 6.56 Å². The predicted molar refractivity (Wildman–Crippen MR) is 91.0 cm³/mol. The molecule has 0 fully saturated rings. The number of aryl methyl sites for hydroxylation is 1. The zero-order valence-electron chi connectivity index (χ0n) is 17.1. The van der Waals surface area contributed by atoms with Gasteiger partial charge in [-0.3, -0.25) is 9.67 Å². The van der Waals surface area contributed by atoms with Crippen molar-refractivity contribution in [1.82, 2.24) is 29.5 Å². The van der Waals surface area contributed by atoms with Crippen LogP contribution >= 0.6 is 0 Å². The molecule has 3 aromatic rings. The standard InChI is InChI=1S/C15H17BF2N6O3/c1-23-14(20-9-22-23)10-6-21-24(8-10)13(4-5-27-15(17)18)12-3-2-11(7-19-12)16(25)26/h2-3,6-9,13,15,25-26H,4-5H2,1H3/i5D2,13D. The number of pyridine rings is 1. The van der Waals surface area contributed by atoms with E-state index in [0.717, 1.165) is 10.9 Å². The Morgan fingerprint density at radius 2 is 2.11 bits per heavy atom. The van der Waals surface area contributed by atoms with Gasteiger partial charge >= 0.3 is 13.7 Å². The minimum absolute atomic E-state index is 0.0354. The minimum Gasteiger partial charge on any atom is -0.423 e. The summed E-state index contributed by atoms with van der Waals surface area (Å²) in [5.41, 5.74) is 0.402. The highest BCUT2D eigenvalue weighted by atomic mass is 19.3. The fourth-order valence-corrected chi connectivity index (χ4v) is 2.33. The smallest absolute Gasteiger partial charge is 0.423 e. The van der Waals surface area contributed by atoms with Crippen LogP contribution in [-0.2, 0) is 11.8 Å². The van der Waals surface area contributed by atoms with Crippen molar-refractivity contribution in [2.24, 2.45) is 7.05 Å². The number of nitrogens with zero attached hydrogens (tertiary/aromatic N) is 6. The second-order valence-electron chi connectivity index (χ2n) is 5.38. The molecule has 0 aliphatic carbocycles. The molecule has 1 atom stereocenters. The third-order valence-electron chi connectivity index (χ3n) is 3.62. The zero-order chi connectivity index (χ0) is 22.1. The van der Waals surface area contributed by atoms with Crippen LogP contribution in [0.3, 0.4) is 0 Å². The van der Waals surface area contributed by atoms with Crippen LogP contribution < -0.4 is 5.46 Å². The average molecular weight is 381 g/mol. The normalized spacial score (nSPS) is 15.9. The van der Waals surface area contributed by atoms with Crippen molar-refractivity contribution in [1.29, 1.82) is 0 Å². The predicted octanol–water partition coefficient (Wildman–Crippen LogP) is -0.0279. The van der Waals surface area contributed by atoms with Gasteiger partial charge < -0.3 is 14.8 Å². The van der Waals surface area contributed by atoms with Gasteiger partial charge in [0.25, 0.3) is 0 Å². The van der Waals surface area contributed by atoms with Gasteiger partial charge in [-0.15, -0.1) is 0 Å². The lowest BCUT2D eigenvalue weighted by atomic mass is 9.81. The Hall–Kier alpha value is -2.70. The third-order valence-corrected chi connectivity index (χ3v) is 3.62. The summed E-state index contributed by atoms with van der Waals surface area (Å²) in [5.74, 6) is 0.419. The molecule has 9 nitrogen and oxygen atoms in total. The molecular formula is C15H17BF2N6O3. The molecule has 0 aromatic carbocycles. The number of hydrogen-bond acceptors (Lipinski definition) is 7. The Morgan fingerprint density at radius 1 is 1.30 bits per heavy atom. The van der Waals surface area contributed by atoms with Crippen molar-refractivity contribution < 1.29 is 27.7 Å². The largest absolute Gasteiger partial charge is 0.490 e. The Bertz CT molecular complexity index is 1000. The molecule has 0 radical (unpaired) electrons. The number of ether oxygens (including phenoxy) is 1. The maximum absolute atomic E-state index is 12.7. The number of rotatable bonds is 8. The molecule has 0 bridgehead atoms. The number of aromatic nitrogens is 6. The second-order valence-corrected chi connectivity index (χ2v) is 5.38. The highest BCUT2D eigenvalue weighted by Crippen LogP contribution is 2.23. The van der Waals surface area contributed by atoms with Crippen LogP contribution in [0, 0.1) is 0 Å². The van der Waals surface area contributed by atoms with Gasteiger partial charge in [-0.05, 0) is 12.5 Å². The van der Waals surface area contributed by atoms with E-state index in [1.807, 2.05) is 0 Å². The summed E-state index contributed by atoms with van der Waals surface area (Å²) in [6, 6.07) is 0.408. The maximum atomic E-state index is 12.7. The molecule has 0 aliphatic heterocycles. The summed E-state index contributed by atoms with van der Waals surface area (Å²) in [6.45, 7) is -6.29. The van der Waals surface area contributed by atoms with Gasteiger partial charge in [0.2, 0.25) is 0 Å². The van der Waals surface area contributed by atoms with E-state index in [2.05, 4.69) is 24.9 Å². The topological polar surface area (TPSA) is 111 Å². The van der Waals surface area contributed by atoms with Crippen LogP contribution in [0.25, 0.3) is 11.4 Å². The average Bonchev–Trinajstić information content (AvgIpc) is 3.29. The van der Waals surface area contributed by atoms with Crippen LogP contribution in [0.15, 0.2) is 37.1 Å². The Balaban J connectivity index is 2.05. The molecule has 0 spiro atoms. The lowest BCUT2D eigenvalue weighted by molar-refractivity contribution is -0.130. The third kappa shape index (κ3) is 4.53. The summed E-state index contributed by atoms with van der Waals surface area (Å²) >= 11 is 0. The number of alkyl halides is 2. The molecule has 27 heavy (non-hydrogen) atoms. The first-order valence-electron chi connectivity index (χ1n) is 9.20. The highest BCUT2D eigenvalue weighted by molar-refractivity contribution is 6.58. The van der Waals surface area contributed by atoms with Crippen molar-refractivity contribution in [3.05, 3.63) is 42.7 Å². The van der Waals surface area contributed by atoms with Crippen LogP contribution in [-0.4, -0.2) is 59.9 Å². The van der Waals surface area contributed by atoms with Gasteiger partial charge in [0.15, 0.2) is 5.82 Å². The van der Waals surface area contributed by atoms with Crippen molar-refractivity contribution in [3.8, 4) is 11.4 Å². The van der Waals surface area contributed by atoms with Gasteiger partial charge in [0.05, 0.1) is 34.1 Å². The van der Waals surface area contributed by atoms with E-state index >= 15 is 0 Å². The van der Waals surface area contributed by atoms with E-state index in [4.69, 9.17) is 4.11 Å². The van der Waals surface area contributed by atoms with E-state index in [1.165, 1.54) is 35.5 Å². The summed E-state index contributed by atoms with van der Waals surface area (Å²) in [5, 5.41) is 26.5. The Morgan fingerprint density at radius 3 is 2.70 bits per heavy atom. The van der Waals surface area contributed by atoms with Crippen LogP contribution in [0.2, 0.25) is 0 Å². The molecule has 3 aromatic heterocycles. The molecule has 12 heteroatoms. The molecule has 1 unspecified atom stereocenters. The Labute approximate surface area is 157 Å². The quantitative estimate of drug-likeness (QED) is 0.528. The molecule has 2 N–H and O–H groups in total. The summed E-state index contributed by atoms with van der Waals surface area (Å²) in [6.07, 6.45) is 4.25. The van der Waals surface area contributed by atoms with E-state index in [9.17, 15) is 18.8 Å². The fraction of sp³-hybridized carbons (Fsp3) is 0.333. The molecule has 0 aliphatic rings. The lowest BCUT2D eigenvalue weighted by Crippen LogP contribution is -2.30. The molecule has 0 amide bonds. The maximum Gasteiger partial charge on any atom is 0.490 e. The fourth-order valence-electron chi connectivity index (χ4n) is 2.33. The first-order chi connectivity index (χ1) is 14.0. The van der Waals surface area contributed by atoms with Crippen LogP contribution in [0.4, 0.5) is 8.78 Å². The van der Waals surface area contributed by atoms with Gasteiger partial charge in [0, 0.05) is 24.9 Å². The lowest BCUT2D eigenvalue weighted by Gasteiger charge is -2.17. The van der Waals surface area contributed by atoms with E-state index in [-0.39, 0.29) is 11.2 Å². The van der Waals surface area contributed by atoms with E-state index in [0.29, 0.717) is 11.4 Å². The SMILES string of the molecule is [2H]C([2H])(CC([2H])(c1ccc(B(O)O)cn1)n1cc(-c2ncnn2C)cn1)OC(F)F. The molecule has 3 heterocycles. The summed E-state index contributed by atoms with van der Waals surface area (Å²) < 4.78 is 56.3. The molecule has 142 valence electrons. The summed E-state index contributed by atoms with van der Waals surface area (Å²) in [4.78, 5) is 8.06. The van der Waals surface area contributed by atoms with Crippen molar-refractivity contribution in [3.63, 3.8) is 0 Å². The van der Waals surface area contributed by atoms with Gasteiger partial charge in [-0.1, -0.05) is 6.07 Å². The van der Waals surface area contributed by atoms with Crippen LogP contribution in [0.5, 0.6) is 0 Å². The number of halogens is 2. The van der Waals surface area contributed by atoms with Crippen LogP contribution in [0.1, 0.15) is 22.2 Å². The van der Waals surface area contributed by atoms with Crippen molar-refractivity contribution >= 4 is 12.6 Å². The molecule has 0 saturated carbocycles.